The molecule has 0 spiro atoms. The van der Waals surface area contributed by atoms with Crippen molar-refractivity contribution in [3.05, 3.63) is 0 Å². The minimum Gasteiger partial charge on any atom is -0.382 e. The Morgan fingerprint density at radius 2 is 1.60 bits per heavy atom. The number of ether oxygens (including phenoxy) is 2. The molecule has 0 fully saturated rings. The third kappa shape index (κ3) is 14.3. The van der Waals surface area contributed by atoms with Gasteiger partial charge in [0.25, 0.3) is 0 Å². The van der Waals surface area contributed by atoms with Crippen molar-refractivity contribution in [3.8, 4) is 0 Å². The molecule has 0 aliphatic rings. The van der Waals surface area contributed by atoms with Gasteiger partial charge in [0.05, 0.1) is 19.8 Å². The minimum atomic E-state index is 0.691. The molecule has 20 heavy (non-hydrogen) atoms. The molecule has 0 radical (unpaired) electrons. The van der Waals surface area contributed by atoms with Gasteiger partial charge in [-0.25, -0.2) is 0 Å². The molecule has 3 heteroatoms. The van der Waals surface area contributed by atoms with Crippen LogP contribution in [-0.4, -0.2) is 40.0 Å². The SMILES string of the molecule is CCCCCCC(CCCC)CNCCOCCOC. The first-order valence-electron chi connectivity index (χ1n) is 8.62. The van der Waals surface area contributed by atoms with Crippen molar-refractivity contribution in [2.45, 2.75) is 65.2 Å². The minimum absolute atomic E-state index is 0.691. The third-order valence-corrected chi connectivity index (χ3v) is 3.72. The summed E-state index contributed by atoms with van der Waals surface area (Å²) < 4.78 is 10.4. The van der Waals surface area contributed by atoms with Gasteiger partial charge in [-0.1, -0.05) is 52.4 Å². The maximum Gasteiger partial charge on any atom is 0.0700 e. The lowest BCUT2D eigenvalue weighted by molar-refractivity contribution is 0.0716. The number of unbranched alkanes of at least 4 members (excludes halogenated alkanes) is 4. The van der Waals surface area contributed by atoms with Crippen LogP contribution in [0.5, 0.6) is 0 Å². The topological polar surface area (TPSA) is 30.5 Å². The van der Waals surface area contributed by atoms with Gasteiger partial charge in [-0.2, -0.15) is 0 Å². The first-order chi connectivity index (χ1) is 9.85. The van der Waals surface area contributed by atoms with Gasteiger partial charge in [-0.15, -0.1) is 0 Å². The highest BCUT2D eigenvalue weighted by molar-refractivity contribution is 4.63. The molecule has 122 valence electrons. The van der Waals surface area contributed by atoms with Crippen molar-refractivity contribution in [2.75, 3.05) is 40.0 Å². The van der Waals surface area contributed by atoms with Crippen LogP contribution in [0.4, 0.5) is 0 Å². The van der Waals surface area contributed by atoms with E-state index in [1.807, 2.05) is 0 Å². The summed E-state index contributed by atoms with van der Waals surface area (Å²) in [6.45, 7) is 8.86. The van der Waals surface area contributed by atoms with Crippen LogP contribution in [-0.2, 0) is 9.47 Å². The first-order valence-corrected chi connectivity index (χ1v) is 8.62. The molecule has 1 unspecified atom stereocenters. The van der Waals surface area contributed by atoms with Crippen LogP contribution in [0.3, 0.4) is 0 Å². The fourth-order valence-electron chi connectivity index (χ4n) is 2.40. The predicted molar refractivity (Wildman–Crippen MR) is 87.3 cm³/mol. The van der Waals surface area contributed by atoms with E-state index in [9.17, 15) is 0 Å². The van der Waals surface area contributed by atoms with Crippen LogP contribution in [0.25, 0.3) is 0 Å². The smallest absolute Gasteiger partial charge is 0.0700 e. The third-order valence-electron chi connectivity index (χ3n) is 3.72. The number of nitrogens with one attached hydrogen (secondary N) is 1. The van der Waals surface area contributed by atoms with Crippen molar-refractivity contribution in [1.29, 1.82) is 0 Å². The molecule has 0 aromatic carbocycles. The second-order valence-electron chi connectivity index (χ2n) is 5.67. The Labute approximate surface area is 126 Å². The van der Waals surface area contributed by atoms with Crippen molar-refractivity contribution in [2.24, 2.45) is 5.92 Å². The summed E-state index contributed by atoms with van der Waals surface area (Å²) in [7, 11) is 1.71. The number of methoxy groups -OCH3 is 1. The summed E-state index contributed by atoms with van der Waals surface area (Å²) in [6, 6.07) is 0. The monoisotopic (exact) mass is 287 g/mol. The van der Waals surface area contributed by atoms with Gasteiger partial charge in [0, 0.05) is 13.7 Å². The van der Waals surface area contributed by atoms with Gasteiger partial charge < -0.3 is 14.8 Å². The second kappa shape index (κ2) is 16.9. The Hall–Kier alpha value is -0.120. The molecule has 3 nitrogen and oxygen atoms in total. The van der Waals surface area contributed by atoms with Gasteiger partial charge in [0.2, 0.25) is 0 Å². The highest BCUT2D eigenvalue weighted by Crippen LogP contribution is 2.16. The van der Waals surface area contributed by atoms with Gasteiger partial charge in [-0.3, -0.25) is 0 Å². The molecule has 0 heterocycles. The van der Waals surface area contributed by atoms with E-state index in [0.29, 0.717) is 13.2 Å². The highest BCUT2D eigenvalue weighted by Gasteiger charge is 2.07. The highest BCUT2D eigenvalue weighted by atomic mass is 16.5. The summed E-state index contributed by atoms with van der Waals surface area (Å²) in [5.41, 5.74) is 0. The maximum absolute atomic E-state index is 5.46. The fourth-order valence-corrected chi connectivity index (χ4v) is 2.40. The van der Waals surface area contributed by atoms with Gasteiger partial charge >= 0.3 is 0 Å². The lowest BCUT2D eigenvalue weighted by Crippen LogP contribution is -2.27. The molecule has 0 aliphatic carbocycles. The quantitative estimate of drug-likeness (QED) is 0.435. The molecule has 0 bridgehead atoms. The number of rotatable bonds is 16. The van der Waals surface area contributed by atoms with Crippen LogP contribution >= 0.6 is 0 Å². The van der Waals surface area contributed by atoms with Crippen molar-refractivity contribution < 1.29 is 9.47 Å². The lowest BCUT2D eigenvalue weighted by Gasteiger charge is -2.17. The van der Waals surface area contributed by atoms with E-state index in [1.165, 1.54) is 51.4 Å². The Morgan fingerprint density at radius 1 is 0.850 bits per heavy atom. The van der Waals surface area contributed by atoms with E-state index < -0.39 is 0 Å². The molecule has 0 aliphatic heterocycles. The van der Waals surface area contributed by atoms with Crippen LogP contribution in [0.2, 0.25) is 0 Å². The van der Waals surface area contributed by atoms with Crippen LogP contribution in [0.15, 0.2) is 0 Å². The van der Waals surface area contributed by atoms with E-state index in [4.69, 9.17) is 9.47 Å². The van der Waals surface area contributed by atoms with Gasteiger partial charge in [0.1, 0.15) is 0 Å². The van der Waals surface area contributed by atoms with Crippen molar-refractivity contribution in [3.63, 3.8) is 0 Å². The lowest BCUT2D eigenvalue weighted by atomic mass is 9.95. The summed E-state index contributed by atoms with van der Waals surface area (Å²) >= 11 is 0. The van der Waals surface area contributed by atoms with Crippen molar-refractivity contribution >= 4 is 0 Å². The maximum atomic E-state index is 5.46. The van der Waals surface area contributed by atoms with Crippen LogP contribution in [0.1, 0.15) is 65.2 Å². The van der Waals surface area contributed by atoms with Crippen LogP contribution in [0, 0.1) is 5.92 Å². The molecule has 0 saturated carbocycles. The normalized spacial score (nSPS) is 12.8. The summed E-state index contributed by atoms with van der Waals surface area (Å²) in [4.78, 5) is 0. The molecule has 0 rings (SSSR count). The van der Waals surface area contributed by atoms with Crippen LogP contribution < -0.4 is 5.32 Å². The standard InChI is InChI=1S/C17H37NO2/c1-4-6-8-9-11-17(10-7-5-2)16-18-12-13-20-15-14-19-3/h17-18H,4-16H2,1-3H3. The van der Waals surface area contributed by atoms with Crippen molar-refractivity contribution in [1.82, 2.24) is 5.32 Å². The Morgan fingerprint density at radius 3 is 2.30 bits per heavy atom. The Kier molecular flexibility index (Phi) is 16.8. The average Bonchev–Trinajstić information content (AvgIpc) is 2.47. The molecule has 1 atom stereocenters. The molecule has 0 aromatic rings. The predicted octanol–water partition coefficient (Wildman–Crippen LogP) is 4.02. The summed E-state index contributed by atoms with van der Waals surface area (Å²) in [5.74, 6) is 0.853. The average molecular weight is 287 g/mol. The summed E-state index contributed by atoms with van der Waals surface area (Å²) in [5, 5.41) is 3.55. The zero-order valence-electron chi connectivity index (χ0n) is 14.1. The fraction of sp³-hybridized carbons (Fsp3) is 1.00. The Balaban J connectivity index is 3.53. The molecule has 0 aromatic heterocycles. The second-order valence-corrected chi connectivity index (χ2v) is 5.67. The van der Waals surface area contributed by atoms with Gasteiger partial charge in [0.15, 0.2) is 0 Å². The number of hydrogen-bond donors (Lipinski definition) is 1. The van der Waals surface area contributed by atoms with Gasteiger partial charge in [-0.05, 0) is 25.3 Å². The van der Waals surface area contributed by atoms with E-state index >= 15 is 0 Å². The van der Waals surface area contributed by atoms with E-state index in [-0.39, 0.29) is 0 Å². The van der Waals surface area contributed by atoms with E-state index in [2.05, 4.69) is 19.2 Å². The van der Waals surface area contributed by atoms with E-state index in [0.717, 1.165) is 25.6 Å². The summed E-state index contributed by atoms with van der Waals surface area (Å²) in [6.07, 6.45) is 11.0. The first kappa shape index (κ1) is 19.9. The Bertz CT molecular complexity index is 176. The largest absolute Gasteiger partial charge is 0.382 e. The molecule has 1 N–H and O–H groups in total. The number of hydrogen-bond acceptors (Lipinski definition) is 3. The molecule has 0 amide bonds. The molecular weight excluding hydrogens is 250 g/mol. The zero-order chi connectivity index (χ0) is 14.9. The van der Waals surface area contributed by atoms with E-state index in [1.54, 1.807) is 7.11 Å². The molecule has 0 saturated heterocycles. The zero-order valence-corrected chi connectivity index (χ0v) is 14.1. The molecular formula is C17H37NO2.